The number of allylic oxidation sites excluding steroid dienone is 2. The number of ether oxygens (including phenoxy) is 2. The zero-order valence-electron chi connectivity index (χ0n) is 16.0. The van der Waals surface area contributed by atoms with Crippen LogP contribution in [0.1, 0.15) is 31.4 Å². The number of nitrogens with one attached hydrogen (secondary N) is 1. The van der Waals surface area contributed by atoms with Crippen molar-refractivity contribution in [3.8, 4) is 0 Å². The Morgan fingerprint density at radius 2 is 1.14 bits per heavy atom. The van der Waals surface area contributed by atoms with Crippen molar-refractivity contribution < 1.29 is 19.1 Å². The third-order valence-electron chi connectivity index (χ3n) is 4.55. The van der Waals surface area contributed by atoms with Crippen LogP contribution in [0.4, 0.5) is 0 Å². The van der Waals surface area contributed by atoms with Gasteiger partial charge < -0.3 is 14.8 Å². The SMILES string of the molecule is CC1=C(C(=O)OCc2ccccc2)CC(C(=O)OCc2ccccc2)=C(C)N1. The second-order valence-corrected chi connectivity index (χ2v) is 6.63. The molecule has 0 radical (unpaired) electrons. The second-order valence-electron chi connectivity index (χ2n) is 6.63. The van der Waals surface area contributed by atoms with Crippen LogP contribution in [0.25, 0.3) is 0 Å². The summed E-state index contributed by atoms with van der Waals surface area (Å²) in [6.45, 7) is 3.98. The number of benzene rings is 2. The van der Waals surface area contributed by atoms with Crippen LogP contribution in [0.15, 0.2) is 83.2 Å². The summed E-state index contributed by atoms with van der Waals surface area (Å²) in [6, 6.07) is 19.0. The van der Waals surface area contributed by atoms with Gasteiger partial charge in [-0.1, -0.05) is 60.7 Å². The highest BCUT2D eigenvalue weighted by molar-refractivity contribution is 5.96. The molecule has 0 saturated heterocycles. The minimum atomic E-state index is -0.435. The van der Waals surface area contributed by atoms with E-state index in [0.717, 1.165) is 11.1 Å². The maximum atomic E-state index is 12.5. The fraction of sp³-hybridized carbons (Fsp3) is 0.217. The van der Waals surface area contributed by atoms with Crippen LogP contribution >= 0.6 is 0 Å². The average Bonchev–Trinajstić information content (AvgIpc) is 2.72. The van der Waals surface area contributed by atoms with E-state index in [1.807, 2.05) is 60.7 Å². The normalized spacial score (nSPS) is 13.8. The van der Waals surface area contributed by atoms with E-state index in [1.165, 1.54) is 0 Å². The number of carbonyl (C=O) groups excluding carboxylic acids is 2. The molecule has 0 saturated carbocycles. The highest BCUT2D eigenvalue weighted by Gasteiger charge is 2.27. The molecule has 28 heavy (non-hydrogen) atoms. The molecule has 0 aliphatic carbocycles. The number of carbonyl (C=O) groups is 2. The maximum Gasteiger partial charge on any atom is 0.336 e. The first kappa shape index (κ1) is 19.4. The van der Waals surface area contributed by atoms with Crippen LogP contribution in [0.5, 0.6) is 0 Å². The molecule has 2 aromatic rings. The Hall–Kier alpha value is -3.34. The van der Waals surface area contributed by atoms with E-state index >= 15 is 0 Å². The molecule has 0 atom stereocenters. The molecule has 1 heterocycles. The van der Waals surface area contributed by atoms with Crippen molar-refractivity contribution in [2.24, 2.45) is 0 Å². The Kier molecular flexibility index (Phi) is 6.27. The quantitative estimate of drug-likeness (QED) is 0.771. The van der Waals surface area contributed by atoms with Crippen LogP contribution in [0.2, 0.25) is 0 Å². The largest absolute Gasteiger partial charge is 0.457 e. The minimum Gasteiger partial charge on any atom is -0.457 e. The fourth-order valence-corrected chi connectivity index (χ4v) is 2.95. The summed E-state index contributed by atoms with van der Waals surface area (Å²) in [5, 5.41) is 3.10. The molecule has 5 heteroatoms. The van der Waals surface area contributed by atoms with Crippen molar-refractivity contribution in [3.63, 3.8) is 0 Å². The number of rotatable bonds is 6. The van der Waals surface area contributed by atoms with Gasteiger partial charge in [0.2, 0.25) is 0 Å². The monoisotopic (exact) mass is 377 g/mol. The molecular formula is C23H23NO4. The molecular weight excluding hydrogens is 354 g/mol. The fourth-order valence-electron chi connectivity index (χ4n) is 2.95. The Balaban J connectivity index is 1.62. The van der Waals surface area contributed by atoms with Crippen molar-refractivity contribution in [2.45, 2.75) is 33.5 Å². The van der Waals surface area contributed by atoms with Gasteiger partial charge in [-0.2, -0.15) is 0 Å². The minimum absolute atomic E-state index is 0.186. The third-order valence-corrected chi connectivity index (χ3v) is 4.55. The van der Waals surface area contributed by atoms with Gasteiger partial charge in [-0.3, -0.25) is 0 Å². The zero-order chi connectivity index (χ0) is 19.9. The Morgan fingerprint density at radius 1 is 0.750 bits per heavy atom. The molecule has 1 aliphatic heterocycles. The van der Waals surface area contributed by atoms with Crippen molar-refractivity contribution in [1.82, 2.24) is 5.32 Å². The summed E-state index contributed by atoms with van der Waals surface area (Å²) >= 11 is 0. The maximum absolute atomic E-state index is 12.5. The third kappa shape index (κ3) is 4.88. The lowest BCUT2D eigenvalue weighted by atomic mass is 9.98. The lowest BCUT2D eigenvalue weighted by molar-refractivity contribution is -0.141. The van der Waals surface area contributed by atoms with E-state index in [4.69, 9.17) is 9.47 Å². The summed E-state index contributed by atoms with van der Waals surface area (Å²) in [6.07, 6.45) is 0.186. The number of esters is 2. The summed E-state index contributed by atoms with van der Waals surface area (Å²) in [5.74, 6) is -0.871. The molecule has 3 rings (SSSR count). The predicted molar refractivity (Wildman–Crippen MR) is 106 cm³/mol. The van der Waals surface area contributed by atoms with Gasteiger partial charge in [-0.15, -0.1) is 0 Å². The van der Waals surface area contributed by atoms with Crippen molar-refractivity contribution in [2.75, 3.05) is 0 Å². The lowest BCUT2D eigenvalue weighted by Gasteiger charge is -2.22. The van der Waals surface area contributed by atoms with Gasteiger partial charge in [0, 0.05) is 17.8 Å². The molecule has 5 nitrogen and oxygen atoms in total. The van der Waals surface area contributed by atoms with E-state index in [1.54, 1.807) is 13.8 Å². The first-order valence-corrected chi connectivity index (χ1v) is 9.13. The standard InChI is InChI=1S/C23H23NO4/c1-16-20(22(25)27-14-18-9-5-3-6-10-18)13-21(17(2)24-16)23(26)28-15-19-11-7-4-8-12-19/h3-12,24H,13-15H2,1-2H3. The van der Waals surface area contributed by atoms with E-state index < -0.39 is 11.9 Å². The Labute approximate surface area is 164 Å². The predicted octanol–water partition coefficient (Wildman–Crippen LogP) is 4.01. The molecule has 2 aromatic carbocycles. The van der Waals surface area contributed by atoms with Crippen molar-refractivity contribution in [3.05, 3.63) is 94.3 Å². The second kappa shape index (κ2) is 9.04. The Morgan fingerprint density at radius 3 is 1.54 bits per heavy atom. The molecule has 0 bridgehead atoms. The van der Waals surface area contributed by atoms with Gasteiger partial charge in [-0.25, -0.2) is 9.59 Å². The first-order chi connectivity index (χ1) is 13.5. The van der Waals surface area contributed by atoms with Gasteiger partial charge in [-0.05, 0) is 25.0 Å². The number of hydrogen-bond acceptors (Lipinski definition) is 5. The van der Waals surface area contributed by atoms with E-state index in [-0.39, 0.29) is 19.6 Å². The highest BCUT2D eigenvalue weighted by Crippen LogP contribution is 2.25. The molecule has 0 amide bonds. The molecule has 0 fully saturated rings. The molecule has 0 spiro atoms. The molecule has 1 N–H and O–H groups in total. The van der Waals surface area contributed by atoms with Gasteiger partial charge in [0.1, 0.15) is 13.2 Å². The van der Waals surface area contributed by atoms with Gasteiger partial charge in [0.05, 0.1) is 11.1 Å². The highest BCUT2D eigenvalue weighted by atomic mass is 16.5. The zero-order valence-corrected chi connectivity index (χ0v) is 16.0. The summed E-state index contributed by atoms with van der Waals surface area (Å²) in [5.41, 5.74) is 4.07. The lowest BCUT2D eigenvalue weighted by Crippen LogP contribution is -2.26. The van der Waals surface area contributed by atoms with Gasteiger partial charge >= 0.3 is 11.9 Å². The van der Waals surface area contributed by atoms with Crippen LogP contribution in [0, 0.1) is 0 Å². The van der Waals surface area contributed by atoms with Gasteiger partial charge in [0.25, 0.3) is 0 Å². The number of dihydropyridines is 1. The van der Waals surface area contributed by atoms with Crippen molar-refractivity contribution in [1.29, 1.82) is 0 Å². The molecule has 144 valence electrons. The summed E-state index contributed by atoms with van der Waals surface area (Å²) in [4.78, 5) is 25.1. The van der Waals surface area contributed by atoms with Crippen LogP contribution < -0.4 is 5.32 Å². The Bertz CT molecular complexity index is 839. The van der Waals surface area contributed by atoms with Gasteiger partial charge in [0.15, 0.2) is 0 Å². The molecule has 0 unspecified atom stereocenters. The van der Waals surface area contributed by atoms with E-state index in [0.29, 0.717) is 22.5 Å². The summed E-state index contributed by atoms with van der Waals surface area (Å²) in [7, 11) is 0. The van der Waals surface area contributed by atoms with E-state index in [9.17, 15) is 9.59 Å². The van der Waals surface area contributed by atoms with E-state index in [2.05, 4.69) is 5.32 Å². The average molecular weight is 377 g/mol. The first-order valence-electron chi connectivity index (χ1n) is 9.13. The topological polar surface area (TPSA) is 64.6 Å². The van der Waals surface area contributed by atoms with Crippen LogP contribution in [-0.2, 0) is 32.3 Å². The molecule has 1 aliphatic rings. The van der Waals surface area contributed by atoms with Crippen molar-refractivity contribution >= 4 is 11.9 Å². The van der Waals surface area contributed by atoms with Crippen LogP contribution in [-0.4, -0.2) is 11.9 Å². The summed E-state index contributed by atoms with van der Waals surface area (Å²) < 4.78 is 10.8. The number of hydrogen-bond donors (Lipinski definition) is 1. The molecule has 0 aromatic heterocycles. The van der Waals surface area contributed by atoms with Crippen LogP contribution in [0.3, 0.4) is 0 Å². The smallest absolute Gasteiger partial charge is 0.336 e.